The maximum Gasteiger partial charge on any atom is 0.268 e. The van der Waals surface area contributed by atoms with Gasteiger partial charge in [0.05, 0.1) is 0 Å². The molecule has 0 atom stereocenters. The standard InChI is InChI=1S/C18H18N2O/c1-13-7-3-4-9-15(13)12-19-18(21)17-11-14-8-5-6-10-16(14)20(17)2/h3-11H,12H2,1-2H3,(H,19,21). The van der Waals surface area contributed by atoms with Crippen molar-refractivity contribution in [3.8, 4) is 0 Å². The maximum atomic E-state index is 12.4. The summed E-state index contributed by atoms with van der Waals surface area (Å²) < 4.78 is 1.93. The number of rotatable bonds is 3. The Morgan fingerprint density at radius 1 is 1.10 bits per heavy atom. The summed E-state index contributed by atoms with van der Waals surface area (Å²) in [6, 6.07) is 18.0. The van der Waals surface area contributed by atoms with Gasteiger partial charge in [-0.3, -0.25) is 4.79 Å². The Morgan fingerprint density at radius 3 is 2.57 bits per heavy atom. The number of nitrogens with one attached hydrogen (secondary N) is 1. The molecule has 3 rings (SSSR count). The zero-order valence-corrected chi connectivity index (χ0v) is 12.3. The van der Waals surface area contributed by atoms with Crippen LogP contribution < -0.4 is 5.32 Å². The van der Waals surface area contributed by atoms with Gasteiger partial charge in [0.1, 0.15) is 5.69 Å². The lowest BCUT2D eigenvalue weighted by Gasteiger charge is -2.08. The van der Waals surface area contributed by atoms with Crippen molar-refractivity contribution in [2.24, 2.45) is 7.05 Å². The van der Waals surface area contributed by atoms with Crippen LogP contribution in [-0.4, -0.2) is 10.5 Å². The second-order valence-corrected chi connectivity index (χ2v) is 5.26. The van der Waals surface area contributed by atoms with Crippen molar-refractivity contribution < 1.29 is 4.79 Å². The van der Waals surface area contributed by atoms with E-state index < -0.39 is 0 Å². The number of carbonyl (C=O) groups is 1. The van der Waals surface area contributed by atoms with Gasteiger partial charge in [0.15, 0.2) is 0 Å². The van der Waals surface area contributed by atoms with Gasteiger partial charge < -0.3 is 9.88 Å². The molecule has 0 aliphatic heterocycles. The van der Waals surface area contributed by atoms with Gasteiger partial charge in [-0.15, -0.1) is 0 Å². The summed E-state index contributed by atoms with van der Waals surface area (Å²) in [6.45, 7) is 2.60. The van der Waals surface area contributed by atoms with Gasteiger partial charge >= 0.3 is 0 Å². The predicted molar refractivity (Wildman–Crippen MR) is 85.3 cm³/mol. The number of aryl methyl sites for hydroxylation is 2. The number of fused-ring (bicyclic) bond motifs is 1. The Bertz CT molecular complexity index is 802. The number of benzene rings is 2. The van der Waals surface area contributed by atoms with Gasteiger partial charge in [-0.1, -0.05) is 42.5 Å². The van der Waals surface area contributed by atoms with Gasteiger partial charge in [0, 0.05) is 24.5 Å². The second-order valence-electron chi connectivity index (χ2n) is 5.26. The third-order valence-corrected chi connectivity index (χ3v) is 3.88. The summed E-state index contributed by atoms with van der Waals surface area (Å²) in [7, 11) is 1.92. The highest BCUT2D eigenvalue weighted by molar-refractivity contribution is 5.98. The average molecular weight is 278 g/mol. The van der Waals surface area contributed by atoms with Crippen LogP contribution in [0.4, 0.5) is 0 Å². The first-order valence-electron chi connectivity index (χ1n) is 7.04. The normalized spacial score (nSPS) is 10.8. The van der Waals surface area contributed by atoms with Crippen LogP contribution in [0.3, 0.4) is 0 Å². The lowest BCUT2D eigenvalue weighted by molar-refractivity contribution is 0.0943. The third kappa shape index (κ3) is 2.55. The Hall–Kier alpha value is -2.55. The van der Waals surface area contributed by atoms with E-state index in [4.69, 9.17) is 0 Å². The molecule has 106 valence electrons. The lowest BCUT2D eigenvalue weighted by Crippen LogP contribution is -2.25. The summed E-state index contributed by atoms with van der Waals surface area (Å²) >= 11 is 0. The zero-order valence-electron chi connectivity index (χ0n) is 12.3. The Balaban J connectivity index is 1.81. The molecule has 3 nitrogen and oxygen atoms in total. The number of amides is 1. The molecule has 0 fully saturated rings. The van der Waals surface area contributed by atoms with Crippen LogP contribution in [0.15, 0.2) is 54.6 Å². The molecule has 0 saturated carbocycles. The van der Waals surface area contributed by atoms with Crippen molar-refractivity contribution in [1.29, 1.82) is 0 Å². The van der Waals surface area contributed by atoms with Crippen molar-refractivity contribution in [3.63, 3.8) is 0 Å². The first-order valence-corrected chi connectivity index (χ1v) is 7.04. The summed E-state index contributed by atoms with van der Waals surface area (Å²) in [6.07, 6.45) is 0. The van der Waals surface area contributed by atoms with Crippen LogP contribution in [0.2, 0.25) is 0 Å². The molecule has 1 aromatic heterocycles. The third-order valence-electron chi connectivity index (χ3n) is 3.88. The van der Waals surface area contributed by atoms with Gasteiger partial charge in [0.25, 0.3) is 5.91 Å². The fourth-order valence-corrected chi connectivity index (χ4v) is 2.58. The number of hydrogen-bond acceptors (Lipinski definition) is 1. The molecule has 0 aliphatic carbocycles. The van der Waals surface area contributed by atoms with Crippen molar-refractivity contribution in [2.45, 2.75) is 13.5 Å². The van der Waals surface area contributed by atoms with E-state index >= 15 is 0 Å². The average Bonchev–Trinajstić information content (AvgIpc) is 2.84. The van der Waals surface area contributed by atoms with Crippen LogP contribution in [0.1, 0.15) is 21.6 Å². The number of carbonyl (C=O) groups excluding carboxylic acids is 1. The summed E-state index contributed by atoms with van der Waals surface area (Å²) in [5.74, 6) is -0.0445. The van der Waals surface area contributed by atoms with Gasteiger partial charge in [-0.25, -0.2) is 0 Å². The molecule has 1 heterocycles. The molecular weight excluding hydrogens is 260 g/mol. The van der Waals surface area contributed by atoms with E-state index in [-0.39, 0.29) is 5.91 Å². The fraction of sp³-hybridized carbons (Fsp3) is 0.167. The van der Waals surface area contributed by atoms with Gasteiger partial charge in [0.2, 0.25) is 0 Å². The summed E-state index contributed by atoms with van der Waals surface area (Å²) in [5.41, 5.74) is 4.09. The van der Waals surface area contributed by atoms with Gasteiger partial charge in [-0.2, -0.15) is 0 Å². The highest BCUT2D eigenvalue weighted by Crippen LogP contribution is 2.18. The molecule has 3 heteroatoms. The predicted octanol–water partition coefficient (Wildman–Crippen LogP) is 3.42. The lowest BCUT2D eigenvalue weighted by atomic mass is 10.1. The highest BCUT2D eigenvalue weighted by Gasteiger charge is 2.12. The van der Waals surface area contributed by atoms with E-state index in [0.717, 1.165) is 16.5 Å². The minimum atomic E-state index is -0.0445. The van der Waals surface area contributed by atoms with E-state index in [0.29, 0.717) is 12.2 Å². The van der Waals surface area contributed by atoms with E-state index in [1.54, 1.807) is 0 Å². The molecule has 0 saturated heterocycles. The van der Waals surface area contributed by atoms with E-state index in [1.807, 2.05) is 60.1 Å². The monoisotopic (exact) mass is 278 g/mol. The molecular formula is C18H18N2O. The first kappa shape index (κ1) is 13.4. The molecule has 21 heavy (non-hydrogen) atoms. The van der Waals surface area contributed by atoms with E-state index in [2.05, 4.69) is 18.3 Å². The molecule has 0 aliphatic rings. The SMILES string of the molecule is Cc1ccccc1CNC(=O)c1cc2ccccc2n1C. The quantitative estimate of drug-likeness (QED) is 0.782. The molecule has 1 amide bonds. The topological polar surface area (TPSA) is 34.0 Å². The molecule has 0 bridgehead atoms. The number of aromatic nitrogens is 1. The minimum Gasteiger partial charge on any atom is -0.347 e. The molecule has 1 N–H and O–H groups in total. The Morgan fingerprint density at radius 2 is 1.81 bits per heavy atom. The van der Waals surface area contributed by atoms with Crippen molar-refractivity contribution in [2.75, 3.05) is 0 Å². The largest absolute Gasteiger partial charge is 0.347 e. The number of hydrogen-bond donors (Lipinski definition) is 1. The molecule has 0 unspecified atom stereocenters. The molecule has 0 spiro atoms. The molecule has 0 radical (unpaired) electrons. The number of para-hydroxylation sites is 1. The van der Waals surface area contributed by atoms with Crippen molar-refractivity contribution >= 4 is 16.8 Å². The number of nitrogens with zero attached hydrogens (tertiary/aromatic N) is 1. The highest BCUT2D eigenvalue weighted by atomic mass is 16.1. The summed E-state index contributed by atoms with van der Waals surface area (Å²) in [4.78, 5) is 12.4. The van der Waals surface area contributed by atoms with Crippen LogP contribution in [-0.2, 0) is 13.6 Å². The first-order chi connectivity index (χ1) is 10.2. The fourth-order valence-electron chi connectivity index (χ4n) is 2.58. The van der Waals surface area contributed by atoms with Crippen molar-refractivity contribution in [3.05, 3.63) is 71.4 Å². The van der Waals surface area contributed by atoms with Crippen molar-refractivity contribution in [1.82, 2.24) is 9.88 Å². The minimum absolute atomic E-state index is 0.0445. The second kappa shape index (κ2) is 5.44. The maximum absolute atomic E-state index is 12.4. The van der Waals surface area contributed by atoms with Crippen LogP contribution >= 0.6 is 0 Å². The molecule has 3 aromatic rings. The van der Waals surface area contributed by atoms with E-state index in [1.165, 1.54) is 5.56 Å². The zero-order chi connectivity index (χ0) is 14.8. The smallest absolute Gasteiger partial charge is 0.268 e. The molecule has 2 aromatic carbocycles. The van der Waals surface area contributed by atoms with Crippen LogP contribution in [0, 0.1) is 6.92 Å². The Labute approximate surface area is 124 Å². The van der Waals surface area contributed by atoms with Gasteiger partial charge in [-0.05, 0) is 30.2 Å². The van der Waals surface area contributed by atoms with Crippen LogP contribution in [0.5, 0.6) is 0 Å². The Kier molecular flexibility index (Phi) is 3.48. The summed E-state index contributed by atoms with van der Waals surface area (Å²) in [5, 5.41) is 4.08. The van der Waals surface area contributed by atoms with E-state index in [9.17, 15) is 4.79 Å². The van der Waals surface area contributed by atoms with Crippen LogP contribution in [0.25, 0.3) is 10.9 Å².